The first kappa shape index (κ1) is 16.6. The van der Waals surface area contributed by atoms with Crippen LogP contribution in [-0.4, -0.2) is 37.7 Å². The molecule has 0 fully saturated rings. The van der Waals surface area contributed by atoms with Crippen LogP contribution in [0.4, 0.5) is 4.39 Å². The molecule has 0 radical (unpaired) electrons. The molecule has 0 aromatic heterocycles. The van der Waals surface area contributed by atoms with E-state index >= 15 is 0 Å². The second-order valence-electron chi connectivity index (χ2n) is 4.96. The third-order valence-corrected chi connectivity index (χ3v) is 2.76. The summed E-state index contributed by atoms with van der Waals surface area (Å²) in [6.45, 7) is 6.50. The van der Waals surface area contributed by atoms with E-state index in [1.165, 1.54) is 12.1 Å². The van der Waals surface area contributed by atoms with Crippen molar-refractivity contribution >= 4 is 0 Å². The zero-order valence-electron chi connectivity index (χ0n) is 12.4. The van der Waals surface area contributed by atoms with Crippen molar-refractivity contribution in [3.8, 4) is 11.8 Å². The molecule has 0 heterocycles. The van der Waals surface area contributed by atoms with Gasteiger partial charge in [-0.2, -0.15) is 0 Å². The monoisotopic (exact) mass is 278 g/mol. The molecule has 4 heteroatoms. The van der Waals surface area contributed by atoms with Gasteiger partial charge in [-0.15, -0.1) is 0 Å². The number of rotatable bonds is 6. The molecule has 3 nitrogen and oxygen atoms in total. The molecule has 110 valence electrons. The fraction of sp³-hybridized carbons (Fsp3) is 0.500. The van der Waals surface area contributed by atoms with Gasteiger partial charge in [0.25, 0.3) is 0 Å². The molecule has 0 saturated heterocycles. The maximum absolute atomic E-state index is 13.3. The van der Waals surface area contributed by atoms with E-state index in [2.05, 4.69) is 16.7 Å². The second kappa shape index (κ2) is 8.70. The van der Waals surface area contributed by atoms with Gasteiger partial charge in [0.1, 0.15) is 5.82 Å². The first-order valence-corrected chi connectivity index (χ1v) is 6.80. The van der Waals surface area contributed by atoms with Crippen LogP contribution in [-0.2, 0) is 11.3 Å². The van der Waals surface area contributed by atoms with Crippen LogP contribution in [0.3, 0.4) is 0 Å². The molecule has 0 aliphatic carbocycles. The van der Waals surface area contributed by atoms with Gasteiger partial charge in [-0.1, -0.05) is 17.9 Å². The maximum Gasteiger partial charge on any atom is 0.124 e. The van der Waals surface area contributed by atoms with Crippen LogP contribution in [0, 0.1) is 17.7 Å². The molecule has 0 bridgehead atoms. The molecule has 1 aromatic carbocycles. The highest BCUT2D eigenvalue weighted by Crippen LogP contribution is 2.12. The van der Waals surface area contributed by atoms with Crippen molar-refractivity contribution in [3.05, 3.63) is 35.1 Å². The molecule has 20 heavy (non-hydrogen) atoms. The number of halogens is 1. The normalized spacial score (nSPS) is 10.8. The standard InChI is InChI=1S/C16H23FN2O/c1-13(2)20-10-9-19(3)12-15-6-7-16(17)11-14(15)5-4-8-18/h6-7,11,13H,8-10,12,18H2,1-3H3. The van der Waals surface area contributed by atoms with Gasteiger partial charge in [0.15, 0.2) is 0 Å². The lowest BCUT2D eigenvalue weighted by atomic mass is 10.1. The average molecular weight is 278 g/mol. The topological polar surface area (TPSA) is 38.5 Å². The van der Waals surface area contributed by atoms with E-state index < -0.39 is 0 Å². The number of nitrogens with zero attached hydrogens (tertiary/aromatic N) is 1. The molecule has 0 aliphatic heterocycles. The third-order valence-electron chi connectivity index (χ3n) is 2.76. The van der Waals surface area contributed by atoms with E-state index in [9.17, 15) is 4.39 Å². The van der Waals surface area contributed by atoms with Crippen LogP contribution in [0.2, 0.25) is 0 Å². The van der Waals surface area contributed by atoms with Crippen LogP contribution in [0.25, 0.3) is 0 Å². The van der Waals surface area contributed by atoms with Crippen LogP contribution >= 0.6 is 0 Å². The molecule has 0 atom stereocenters. The van der Waals surface area contributed by atoms with E-state index in [0.29, 0.717) is 18.7 Å². The molecule has 0 amide bonds. The number of nitrogens with two attached hydrogens (primary N) is 1. The molecule has 1 rings (SSSR count). The zero-order valence-corrected chi connectivity index (χ0v) is 12.4. The van der Waals surface area contributed by atoms with Crippen molar-refractivity contribution in [1.82, 2.24) is 4.90 Å². The van der Waals surface area contributed by atoms with Gasteiger partial charge in [0, 0.05) is 18.7 Å². The van der Waals surface area contributed by atoms with Gasteiger partial charge < -0.3 is 10.5 Å². The molecule has 0 saturated carbocycles. The second-order valence-corrected chi connectivity index (χ2v) is 4.96. The summed E-state index contributed by atoms with van der Waals surface area (Å²) in [5, 5.41) is 0. The summed E-state index contributed by atoms with van der Waals surface area (Å²) >= 11 is 0. The van der Waals surface area contributed by atoms with Gasteiger partial charge >= 0.3 is 0 Å². The Morgan fingerprint density at radius 2 is 2.15 bits per heavy atom. The Morgan fingerprint density at radius 3 is 2.80 bits per heavy atom. The number of hydrogen-bond donors (Lipinski definition) is 1. The Balaban J connectivity index is 2.66. The first-order chi connectivity index (χ1) is 9.52. The van der Waals surface area contributed by atoms with Crippen LogP contribution in [0.15, 0.2) is 18.2 Å². The molecule has 0 unspecified atom stereocenters. The Bertz CT molecular complexity index is 477. The van der Waals surface area contributed by atoms with Crippen molar-refractivity contribution in [1.29, 1.82) is 0 Å². The number of benzene rings is 1. The van der Waals surface area contributed by atoms with E-state index in [4.69, 9.17) is 10.5 Å². The molecule has 0 spiro atoms. The molecule has 0 aliphatic rings. The Kier molecular flexibility index (Phi) is 7.24. The van der Waals surface area contributed by atoms with Crippen molar-refractivity contribution < 1.29 is 9.13 Å². The lowest BCUT2D eigenvalue weighted by Gasteiger charge is -2.18. The van der Waals surface area contributed by atoms with Gasteiger partial charge in [0.05, 0.1) is 19.3 Å². The Hall–Kier alpha value is -1.41. The van der Waals surface area contributed by atoms with Gasteiger partial charge in [-0.3, -0.25) is 4.90 Å². The van der Waals surface area contributed by atoms with E-state index in [-0.39, 0.29) is 18.5 Å². The minimum absolute atomic E-state index is 0.236. The van der Waals surface area contributed by atoms with Gasteiger partial charge in [-0.25, -0.2) is 4.39 Å². The Morgan fingerprint density at radius 1 is 1.40 bits per heavy atom. The van der Waals surface area contributed by atoms with Crippen molar-refractivity contribution in [2.45, 2.75) is 26.5 Å². The van der Waals surface area contributed by atoms with Crippen molar-refractivity contribution in [2.24, 2.45) is 5.73 Å². The molecule has 1 aromatic rings. The summed E-state index contributed by atoms with van der Waals surface area (Å²) in [6.07, 6.45) is 0.236. The number of ether oxygens (including phenoxy) is 1. The van der Waals surface area contributed by atoms with E-state index in [0.717, 1.165) is 12.1 Å². The quantitative estimate of drug-likeness (QED) is 0.809. The SMILES string of the molecule is CC(C)OCCN(C)Cc1ccc(F)cc1C#CCN. The highest BCUT2D eigenvalue weighted by atomic mass is 19.1. The minimum atomic E-state index is -0.277. The molecule has 2 N–H and O–H groups in total. The van der Waals surface area contributed by atoms with Crippen molar-refractivity contribution in [2.75, 3.05) is 26.7 Å². The number of likely N-dealkylation sites (N-methyl/N-ethyl adjacent to an activating group) is 1. The summed E-state index contributed by atoms with van der Waals surface area (Å²) in [7, 11) is 2.01. The fourth-order valence-corrected chi connectivity index (χ4v) is 1.76. The highest BCUT2D eigenvalue weighted by Gasteiger charge is 2.06. The fourth-order valence-electron chi connectivity index (χ4n) is 1.76. The Labute approximate surface area is 120 Å². The largest absolute Gasteiger partial charge is 0.377 e. The maximum atomic E-state index is 13.3. The summed E-state index contributed by atoms with van der Waals surface area (Å²) < 4.78 is 18.8. The molecular formula is C16H23FN2O. The predicted molar refractivity (Wildman–Crippen MR) is 79.8 cm³/mol. The summed E-state index contributed by atoms with van der Waals surface area (Å²) in [6, 6.07) is 4.69. The summed E-state index contributed by atoms with van der Waals surface area (Å²) in [5.74, 6) is 5.41. The smallest absolute Gasteiger partial charge is 0.124 e. The highest BCUT2D eigenvalue weighted by molar-refractivity contribution is 5.41. The zero-order chi connectivity index (χ0) is 15.0. The van der Waals surface area contributed by atoms with Gasteiger partial charge in [-0.05, 0) is 38.6 Å². The minimum Gasteiger partial charge on any atom is -0.377 e. The third kappa shape index (κ3) is 6.16. The van der Waals surface area contributed by atoms with Crippen LogP contribution in [0.5, 0.6) is 0 Å². The summed E-state index contributed by atoms with van der Waals surface area (Å²) in [4.78, 5) is 2.13. The number of hydrogen-bond acceptors (Lipinski definition) is 3. The summed E-state index contributed by atoms with van der Waals surface area (Å²) in [5.41, 5.74) is 7.07. The van der Waals surface area contributed by atoms with E-state index in [1.54, 1.807) is 6.07 Å². The first-order valence-electron chi connectivity index (χ1n) is 6.80. The predicted octanol–water partition coefficient (Wildman–Crippen LogP) is 1.99. The van der Waals surface area contributed by atoms with Gasteiger partial charge in [0.2, 0.25) is 0 Å². The van der Waals surface area contributed by atoms with E-state index in [1.807, 2.05) is 20.9 Å². The van der Waals surface area contributed by atoms with Crippen molar-refractivity contribution in [3.63, 3.8) is 0 Å². The molecular weight excluding hydrogens is 255 g/mol. The lowest BCUT2D eigenvalue weighted by Crippen LogP contribution is -2.24. The van der Waals surface area contributed by atoms with Crippen LogP contribution < -0.4 is 5.73 Å². The van der Waals surface area contributed by atoms with Crippen LogP contribution in [0.1, 0.15) is 25.0 Å². The average Bonchev–Trinajstić information content (AvgIpc) is 2.38. The lowest BCUT2D eigenvalue weighted by molar-refractivity contribution is 0.0627.